The lowest BCUT2D eigenvalue weighted by atomic mass is 10.0. The Labute approximate surface area is 157 Å². The lowest BCUT2D eigenvalue weighted by molar-refractivity contribution is -0.137. The van der Waals surface area contributed by atoms with E-state index >= 15 is 0 Å². The Balaban J connectivity index is 2.08. The third-order valence-corrected chi connectivity index (χ3v) is 5.26. The third kappa shape index (κ3) is 6.37. The SMILES string of the molecule is C[C@@H](Cc1cnc[nH]1)C(=O)N[C@H](C=CS(=O)(=O)c1ccccc1)CC(=O)O. The molecule has 0 unspecified atom stereocenters. The number of aromatic nitrogens is 2. The molecule has 0 fully saturated rings. The summed E-state index contributed by atoms with van der Waals surface area (Å²) in [6, 6.07) is 6.81. The summed E-state index contributed by atoms with van der Waals surface area (Å²) in [4.78, 5) is 30.3. The van der Waals surface area contributed by atoms with Crippen molar-refractivity contribution in [3.63, 3.8) is 0 Å². The molecule has 9 heteroatoms. The molecule has 0 saturated heterocycles. The molecule has 0 bridgehead atoms. The molecule has 1 heterocycles. The van der Waals surface area contributed by atoms with E-state index in [-0.39, 0.29) is 10.8 Å². The quantitative estimate of drug-likeness (QED) is 0.594. The predicted octanol–water partition coefficient (Wildman–Crippen LogP) is 1.54. The van der Waals surface area contributed by atoms with E-state index in [9.17, 15) is 18.0 Å². The van der Waals surface area contributed by atoms with Crippen LogP contribution in [0, 0.1) is 5.92 Å². The number of carboxylic acid groups (broad SMARTS) is 1. The summed E-state index contributed by atoms with van der Waals surface area (Å²) in [7, 11) is -3.73. The Morgan fingerprint density at radius 3 is 2.59 bits per heavy atom. The highest BCUT2D eigenvalue weighted by molar-refractivity contribution is 7.94. The zero-order chi connectivity index (χ0) is 19.9. The van der Waals surface area contributed by atoms with Crippen molar-refractivity contribution in [3.8, 4) is 0 Å². The molecule has 2 atom stereocenters. The zero-order valence-corrected chi connectivity index (χ0v) is 15.5. The number of rotatable bonds is 9. The van der Waals surface area contributed by atoms with Crippen LogP contribution in [0.2, 0.25) is 0 Å². The first kappa shape index (κ1) is 20.4. The number of carbonyl (C=O) groups is 2. The number of carbonyl (C=O) groups excluding carboxylic acids is 1. The van der Waals surface area contributed by atoms with Crippen LogP contribution in [0.3, 0.4) is 0 Å². The van der Waals surface area contributed by atoms with E-state index in [2.05, 4.69) is 15.3 Å². The Morgan fingerprint density at radius 2 is 2.00 bits per heavy atom. The van der Waals surface area contributed by atoms with Gasteiger partial charge >= 0.3 is 5.97 Å². The molecule has 2 aromatic rings. The van der Waals surface area contributed by atoms with Crippen LogP contribution in [0.5, 0.6) is 0 Å². The lowest BCUT2D eigenvalue weighted by Crippen LogP contribution is -2.39. The Bertz CT molecular complexity index is 892. The molecule has 0 radical (unpaired) electrons. The molecular weight excluding hydrogens is 370 g/mol. The van der Waals surface area contributed by atoms with Crippen molar-refractivity contribution in [2.75, 3.05) is 0 Å². The second kappa shape index (κ2) is 9.13. The van der Waals surface area contributed by atoms with Gasteiger partial charge in [0, 0.05) is 29.6 Å². The highest BCUT2D eigenvalue weighted by Gasteiger charge is 2.20. The van der Waals surface area contributed by atoms with E-state index in [0.717, 1.165) is 11.1 Å². The minimum Gasteiger partial charge on any atom is -0.481 e. The first-order valence-electron chi connectivity index (χ1n) is 8.25. The maximum absolute atomic E-state index is 12.3. The summed E-state index contributed by atoms with van der Waals surface area (Å²) in [6.45, 7) is 1.69. The van der Waals surface area contributed by atoms with Crippen LogP contribution in [-0.2, 0) is 25.8 Å². The number of sulfone groups is 1. The molecule has 0 saturated carbocycles. The van der Waals surface area contributed by atoms with Crippen LogP contribution in [-0.4, -0.2) is 41.4 Å². The van der Waals surface area contributed by atoms with Gasteiger partial charge in [0.15, 0.2) is 9.84 Å². The van der Waals surface area contributed by atoms with Crippen LogP contribution in [0.4, 0.5) is 0 Å². The Morgan fingerprint density at radius 1 is 1.30 bits per heavy atom. The van der Waals surface area contributed by atoms with Crippen molar-refractivity contribution >= 4 is 21.7 Å². The van der Waals surface area contributed by atoms with Crippen LogP contribution in [0.1, 0.15) is 19.0 Å². The molecule has 0 spiro atoms. The van der Waals surface area contributed by atoms with Crippen LogP contribution in [0.25, 0.3) is 0 Å². The number of aromatic amines is 1. The van der Waals surface area contributed by atoms with E-state index in [4.69, 9.17) is 5.11 Å². The molecule has 3 N–H and O–H groups in total. The Hall–Kier alpha value is -2.94. The molecule has 0 aliphatic carbocycles. The molecule has 27 heavy (non-hydrogen) atoms. The average molecular weight is 391 g/mol. The van der Waals surface area contributed by atoms with Gasteiger partial charge < -0.3 is 15.4 Å². The number of imidazole rings is 1. The first-order valence-corrected chi connectivity index (χ1v) is 9.80. The third-order valence-electron chi connectivity index (χ3n) is 3.81. The number of nitrogens with zero attached hydrogens (tertiary/aromatic N) is 1. The van der Waals surface area contributed by atoms with Crippen molar-refractivity contribution in [1.29, 1.82) is 0 Å². The minimum absolute atomic E-state index is 0.0919. The van der Waals surface area contributed by atoms with Gasteiger partial charge in [-0.1, -0.05) is 25.1 Å². The molecule has 0 aliphatic rings. The van der Waals surface area contributed by atoms with E-state index < -0.39 is 34.2 Å². The number of hydrogen-bond donors (Lipinski definition) is 3. The monoisotopic (exact) mass is 391 g/mol. The van der Waals surface area contributed by atoms with Crippen molar-refractivity contribution < 1.29 is 23.1 Å². The summed E-state index contributed by atoms with van der Waals surface area (Å²) in [5.74, 6) is -1.97. The molecule has 8 nitrogen and oxygen atoms in total. The smallest absolute Gasteiger partial charge is 0.305 e. The van der Waals surface area contributed by atoms with Crippen molar-refractivity contribution in [1.82, 2.24) is 15.3 Å². The highest BCUT2D eigenvalue weighted by atomic mass is 32.2. The fourth-order valence-electron chi connectivity index (χ4n) is 2.39. The van der Waals surface area contributed by atoms with Gasteiger partial charge in [0.2, 0.25) is 5.91 Å². The maximum atomic E-state index is 12.3. The van der Waals surface area contributed by atoms with Gasteiger partial charge in [0.1, 0.15) is 0 Å². The lowest BCUT2D eigenvalue weighted by Gasteiger charge is -2.17. The van der Waals surface area contributed by atoms with Gasteiger partial charge in [-0.2, -0.15) is 0 Å². The molecule has 1 aromatic heterocycles. The maximum Gasteiger partial charge on any atom is 0.305 e. The second-order valence-electron chi connectivity index (χ2n) is 6.08. The highest BCUT2D eigenvalue weighted by Crippen LogP contribution is 2.12. The van der Waals surface area contributed by atoms with Crippen LogP contribution < -0.4 is 5.32 Å². The van der Waals surface area contributed by atoms with Gasteiger partial charge in [0.25, 0.3) is 0 Å². The molecule has 2 rings (SSSR count). The number of H-pyrrole nitrogens is 1. The zero-order valence-electron chi connectivity index (χ0n) is 14.7. The number of benzene rings is 1. The number of aliphatic carboxylic acids is 1. The van der Waals surface area contributed by atoms with E-state index in [1.807, 2.05) is 0 Å². The molecular formula is C18H21N3O5S. The Kier molecular flexibility index (Phi) is 6.89. The molecule has 144 valence electrons. The predicted molar refractivity (Wildman–Crippen MR) is 98.4 cm³/mol. The minimum atomic E-state index is -3.73. The summed E-state index contributed by atoms with van der Waals surface area (Å²) in [6.07, 6.45) is 4.27. The van der Waals surface area contributed by atoms with Gasteiger partial charge in [-0.25, -0.2) is 13.4 Å². The van der Waals surface area contributed by atoms with Crippen molar-refractivity contribution in [3.05, 3.63) is 60.0 Å². The fourth-order valence-corrected chi connectivity index (χ4v) is 3.48. The topological polar surface area (TPSA) is 129 Å². The van der Waals surface area contributed by atoms with E-state index in [1.165, 1.54) is 24.5 Å². The van der Waals surface area contributed by atoms with Gasteiger partial charge in [-0.05, 0) is 18.2 Å². The van der Waals surface area contributed by atoms with E-state index in [1.54, 1.807) is 31.3 Å². The summed E-state index contributed by atoms with van der Waals surface area (Å²) in [5.41, 5.74) is 0.773. The van der Waals surface area contributed by atoms with Crippen LogP contribution >= 0.6 is 0 Å². The van der Waals surface area contributed by atoms with Crippen molar-refractivity contribution in [2.24, 2.45) is 5.92 Å². The fraction of sp³-hybridized carbons (Fsp3) is 0.278. The molecule has 1 aromatic carbocycles. The number of nitrogens with one attached hydrogen (secondary N) is 2. The summed E-state index contributed by atoms with van der Waals surface area (Å²) >= 11 is 0. The van der Waals surface area contributed by atoms with Crippen molar-refractivity contribution in [2.45, 2.75) is 30.7 Å². The molecule has 1 amide bonds. The van der Waals surface area contributed by atoms with Gasteiger partial charge in [-0.15, -0.1) is 0 Å². The number of hydrogen-bond acceptors (Lipinski definition) is 5. The largest absolute Gasteiger partial charge is 0.481 e. The number of amides is 1. The van der Waals surface area contributed by atoms with E-state index in [0.29, 0.717) is 6.42 Å². The molecule has 0 aliphatic heterocycles. The van der Waals surface area contributed by atoms with Gasteiger partial charge in [-0.3, -0.25) is 9.59 Å². The standard InChI is InChI=1S/C18H21N3O5S/c1-13(9-15-11-19-12-20-15)18(24)21-14(10-17(22)23)7-8-27(25,26)16-5-3-2-4-6-16/h2-8,11-14H,9-10H2,1H3,(H,19,20)(H,21,24)(H,22,23)/t13-,14+/m0/s1. The number of carboxylic acids is 1. The van der Waals surface area contributed by atoms with Crippen LogP contribution in [0.15, 0.2) is 59.2 Å². The summed E-state index contributed by atoms with van der Waals surface area (Å²) in [5, 5.41) is 12.5. The summed E-state index contributed by atoms with van der Waals surface area (Å²) < 4.78 is 24.6. The second-order valence-corrected chi connectivity index (χ2v) is 7.92. The first-order chi connectivity index (χ1) is 12.8. The normalized spacial score (nSPS) is 14.0. The van der Waals surface area contributed by atoms with Gasteiger partial charge in [0.05, 0.1) is 23.7 Å². The average Bonchev–Trinajstić information content (AvgIpc) is 3.13.